The van der Waals surface area contributed by atoms with E-state index >= 15 is 0 Å². The fourth-order valence-corrected chi connectivity index (χ4v) is 3.63. The van der Waals surface area contributed by atoms with Crippen molar-refractivity contribution in [1.82, 2.24) is 14.4 Å². The number of anilines is 1. The standard InChI is InChI=1S/C23H30N4O3/c1-3-30-21-12-6-17(7-13-21)24-23(29)27(19-10-11-19)16-22(28)26(18-8-9-18)15-20-5-4-14-25(20)2/h4-7,12-14,18-19H,3,8-11,15-16H2,1-2H3,(H,24,29). The number of urea groups is 1. The topological polar surface area (TPSA) is 66.8 Å². The number of nitrogens with one attached hydrogen (secondary N) is 1. The van der Waals surface area contributed by atoms with E-state index < -0.39 is 0 Å². The van der Waals surface area contributed by atoms with Crippen molar-refractivity contribution in [2.75, 3.05) is 18.5 Å². The van der Waals surface area contributed by atoms with E-state index in [1.807, 2.05) is 66.0 Å². The predicted octanol–water partition coefficient (Wildman–Crippen LogP) is 3.61. The summed E-state index contributed by atoms with van der Waals surface area (Å²) in [4.78, 5) is 29.7. The lowest BCUT2D eigenvalue weighted by Gasteiger charge is -2.28. The first kappa shape index (κ1) is 20.3. The lowest BCUT2D eigenvalue weighted by Crippen LogP contribution is -2.46. The maximum absolute atomic E-state index is 13.2. The van der Waals surface area contributed by atoms with Gasteiger partial charge in [0.05, 0.1) is 13.2 Å². The molecule has 0 aliphatic heterocycles. The van der Waals surface area contributed by atoms with Crippen molar-refractivity contribution in [3.05, 3.63) is 48.3 Å². The second-order valence-corrected chi connectivity index (χ2v) is 8.11. The molecular formula is C23H30N4O3. The van der Waals surface area contributed by atoms with Crippen molar-refractivity contribution in [3.63, 3.8) is 0 Å². The quantitative estimate of drug-likeness (QED) is 0.687. The summed E-state index contributed by atoms with van der Waals surface area (Å²) in [6.07, 6.45) is 5.97. The summed E-state index contributed by atoms with van der Waals surface area (Å²) < 4.78 is 7.49. The van der Waals surface area contributed by atoms with Gasteiger partial charge in [0, 0.05) is 36.7 Å². The Balaban J connectivity index is 1.40. The molecule has 0 spiro atoms. The number of carbonyl (C=O) groups is 2. The van der Waals surface area contributed by atoms with Crippen molar-refractivity contribution in [3.8, 4) is 5.75 Å². The smallest absolute Gasteiger partial charge is 0.322 e. The van der Waals surface area contributed by atoms with E-state index in [1.165, 1.54) is 0 Å². The number of hydrogen-bond donors (Lipinski definition) is 1. The predicted molar refractivity (Wildman–Crippen MR) is 115 cm³/mol. The zero-order chi connectivity index (χ0) is 21.1. The monoisotopic (exact) mass is 410 g/mol. The maximum Gasteiger partial charge on any atom is 0.322 e. The second kappa shape index (κ2) is 8.81. The number of ether oxygens (including phenoxy) is 1. The molecule has 0 atom stereocenters. The van der Waals surface area contributed by atoms with Crippen LogP contribution < -0.4 is 10.1 Å². The van der Waals surface area contributed by atoms with Crippen molar-refractivity contribution in [2.45, 2.75) is 51.2 Å². The average Bonchev–Trinajstić information content (AvgIpc) is 3.65. The first-order valence-corrected chi connectivity index (χ1v) is 10.8. The van der Waals surface area contributed by atoms with Gasteiger partial charge >= 0.3 is 6.03 Å². The number of amides is 3. The Morgan fingerprint density at radius 2 is 1.73 bits per heavy atom. The molecule has 2 fully saturated rings. The van der Waals surface area contributed by atoms with E-state index in [2.05, 4.69) is 5.32 Å². The Labute approximate surface area is 177 Å². The largest absolute Gasteiger partial charge is 0.494 e. The van der Waals surface area contributed by atoms with E-state index in [9.17, 15) is 9.59 Å². The molecular weight excluding hydrogens is 380 g/mol. The van der Waals surface area contributed by atoms with E-state index in [-0.39, 0.29) is 24.5 Å². The molecule has 2 saturated carbocycles. The minimum atomic E-state index is -0.218. The second-order valence-electron chi connectivity index (χ2n) is 8.11. The van der Waals surface area contributed by atoms with Crippen molar-refractivity contribution in [2.24, 2.45) is 7.05 Å². The molecule has 1 aromatic heterocycles. The molecule has 0 bridgehead atoms. The summed E-state index contributed by atoms with van der Waals surface area (Å²) in [7, 11) is 1.99. The highest BCUT2D eigenvalue weighted by Crippen LogP contribution is 2.31. The van der Waals surface area contributed by atoms with E-state index in [0.717, 1.165) is 37.1 Å². The summed E-state index contributed by atoms with van der Waals surface area (Å²) in [6, 6.07) is 11.6. The van der Waals surface area contributed by atoms with Gasteiger partial charge in [0.25, 0.3) is 0 Å². The zero-order valence-corrected chi connectivity index (χ0v) is 17.7. The number of nitrogens with zero attached hydrogens (tertiary/aromatic N) is 3. The molecule has 7 heteroatoms. The first-order valence-electron chi connectivity index (χ1n) is 10.8. The molecule has 1 N–H and O–H groups in total. The number of hydrogen-bond acceptors (Lipinski definition) is 3. The Kier molecular flexibility index (Phi) is 5.97. The normalized spacial score (nSPS) is 15.5. The van der Waals surface area contributed by atoms with Gasteiger partial charge < -0.3 is 24.4 Å². The molecule has 3 amide bonds. The van der Waals surface area contributed by atoms with Gasteiger partial charge in [-0.05, 0) is 69.0 Å². The highest BCUT2D eigenvalue weighted by Gasteiger charge is 2.38. The highest BCUT2D eigenvalue weighted by molar-refractivity contribution is 5.93. The molecule has 2 aliphatic rings. The molecule has 160 valence electrons. The third kappa shape index (κ3) is 4.96. The minimum Gasteiger partial charge on any atom is -0.494 e. The summed E-state index contributed by atoms with van der Waals surface area (Å²) in [5.41, 5.74) is 1.80. The van der Waals surface area contributed by atoms with Gasteiger partial charge in [-0.1, -0.05) is 0 Å². The van der Waals surface area contributed by atoms with Crippen LogP contribution in [-0.2, 0) is 18.4 Å². The fraction of sp³-hybridized carbons (Fsp3) is 0.478. The highest BCUT2D eigenvalue weighted by atomic mass is 16.5. The lowest BCUT2D eigenvalue weighted by atomic mass is 10.3. The minimum absolute atomic E-state index is 0.0208. The molecule has 0 radical (unpaired) electrons. The van der Waals surface area contributed by atoms with Gasteiger partial charge in [0.2, 0.25) is 5.91 Å². The third-order valence-corrected chi connectivity index (χ3v) is 5.66. The van der Waals surface area contributed by atoms with Crippen molar-refractivity contribution < 1.29 is 14.3 Å². The van der Waals surface area contributed by atoms with Crippen LogP contribution in [0.4, 0.5) is 10.5 Å². The lowest BCUT2D eigenvalue weighted by molar-refractivity contribution is -0.133. The van der Waals surface area contributed by atoms with Crippen LogP contribution in [0, 0.1) is 0 Å². The summed E-state index contributed by atoms with van der Waals surface area (Å²) in [5, 5.41) is 2.93. The summed E-state index contributed by atoms with van der Waals surface area (Å²) in [5.74, 6) is 0.790. The van der Waals surface area contributed by atoms with Gasteiger partial charge in [0.1, 0.15) is 12.3 Å². The molecule has 4 rings (SSSR count). The van der Waals surface area contributed by atoms with Crippen LogP contribution in [0.2, 0.25) is 0 Å². The van der Waals surface area contributed by atoms with Gasteiger partial charge in [0.15, 0.2) is 0 Å². The van der Waals surface area contributed by atoms with Crippen LogP contribution in [0.5, 0.6) is 5.75 Å². The number of aromatic nitrogens is 1. The molecule has 0 unspecified atom stereocenters. The number of rotatable bonds is 9. The fourth-order valence-electron chi connectivity index (χ4n) is 3.63. The molecule has 7 nitrogen and oxygen atoms in total. The number of benzene rings is 1. The molecule has 2 aromatic rings. The van der Waals surface area contributed by atoms with Crippen LogP contribution in [0.15, 0.2) is 42.6 Å². The van der Waals surface area contributed by atoms with Crippen LogP contribution in [0.25, 0.3) is 0 Å². The number of carbonyl (C=O) groups excluding carboxylic acids is 2. The zero-order valence-electron chi connectivity index (χ0n) is 17.7. The molecule has 30 heavy (non-hydrogen) atoms. The Bertz CT molecular complexity index is 884. The Morgan fingerprint density at radius 3 is 2.30 bits per heavy atom. The first-order chi connectivity index (χ1) is 14.5. The Morgan fingerprint density at radius 1 is 1.07 bits per heavy atom. The molecule has 2 aliphatic carbocycles. The van der Waals surface area contributed by atoms with E-state index in [0.29, 0.717) is 24.9 Å². The average molecular weight is 411 g/mol. The van der Waals surface area contributed by atoms with Crippen LogP contribution in [-0.4, -0.2) is 51.5 Å². The third-order valence-electron chi connectivity index (χ3n) is 5.66. The van der Waals surface area contributed by atoms with Gasteiger partial charge in [-0.3, -0.25) is 4.79 Å². The number of aryl methyl sites for hydroxylation is 1. The van der Waals surface area contributed by atoms with Gasteiger partial charge in [-0.25, -0.2) is 4.79 Å². The van der Waals surface area contributed by atoms with E-state index in [4.69, 9.17) is 4.74 Å². The maximum atomic E-state index is 13.2. The van der Waals surface area contributed by atoms with Gasteiger partial charge in [-0.2, -0.15) is 0 Å². The molecule has 0 saturated heterocycles. The van der Waals surface area contributed by atoms with Gasteiger partial charge in [-0.15, -0.1) is 0 Å². The SMILES string of the molecule is CCOc1ccc(NC(=O)N(CC(=O)N(Cc2cccn2C)C2CC2)C2CC2)cc1. The Hall–Kier alpha value is -2.96. The molecule has 1 heterocycles. The van der Waals surface area contributed by atoms with Crippen LogP contribution in [0.1, 0.15) is 38.3 Å². The van der Waals surface area contributed by atoms with Crippen LogP contribution in [0.3, 0.4) is 0 Å². The molecule has 1 aromatic carbocycles. The van der Waals surface area contributed by atoms with E-state index in [1.54, 1.807) is 4.90 Å². The summed E-state index contributed by atoms with van der Waals surface area (Å²) in [6.45, 7) is 3.24. The van der Waals surface area contributed by atoms with Crippen molar-refractivity contribution in [1.29, 1.82) is 0 Å². The summed E-state index contributed by atoms with van der Waals surface area (Å²) >= 11 is 0. The van der Waals surface area contributed by atoms with Crippen LogP contribution >= 0.6 is 0 Å². The van der Waals surface area contributed by atoms with Crippen molar-refractivity contribution >= 4 is 17.6 Å².